The summed E-state index contributed by atoms with van der Waals surface area (Å²) in [6, 6.07) is 0. The molecule has 0 amide bonds. The summed E-state index contributed by atoms with van der Waals surface area (Å²) in [5.74, 6) is -0.554. The number of unbranched alkanes of at least 4 members (excludes halogenated alkanes) is 43. The highest BCUT2D eigenvalue weighted by Crippen LogP contribution is 2.45. The maximum atomic E-state index is 13.1. The smallest absolute Gasteiger partial charge is 0.462 e. The Morgan fingerprint density at radius 1 is 0.309 bits per heavy atom. The molecule has 0 fully saturated rings. The minimum Gasteiger partial charge on any atom is -0.462 e. The van der Waals surface area contributed by atoms with Crippen LogP contribution in [0.25, 0.3) is 0 Å². The fourth-order valence-corrected chi connectivity index (χ4v) is 13.0. The monoisotopic (exact) mass is 1380 g/mol. The summed E-state index contributed by atoms with van der Waals surface area (Å²) in [6.45, 7) is 9.60. The second kappa shape index (κ2) is 66.9. The van der Waals surface area contributed by atoms with Crippen LogP contribution in [0.2, 0.25) is 0 Å². The van der Waals surface area contributed by atoms with Crippen molar-refractivity contribution in [2.24, 2.45) is 11.8 Å². The molecule has 0 aliphatic heterocycles. The van der Waals surface area contributed by atoms with Gasteiger partial charge in [-0.1, -0.05) is 337 Å². The van der Waals surface area contributed by atoms with Gasteiger partial charge >= 0.3 is 39.5 Å². The Morgan fingerprint density at radius 3 is 0.809 bits per heavy atom. The predicted octanol–water partition coefficient (Wildman–Crippen LogP) is 21.9. The molecule has 17 nitrogen and oxygen atoms in total. The molecule has 6 atom stereocenters. The number of carbonyl (C=O) groups excluding carboxylic acids is 4. The molecule has 0 saturated carbocycles. The Bertz CT molecular complexity index is 1820. The van der Waals surface area contributed by atoms with E-state index in [4.69, 9.17) is 37.0 Å². The van der Waals surface area contributed by atoms with Gasteiger partial charge in [0, 0.05) is 25.7 Å². The molecule has 0 aromatic heterocycles. The standard InChI is InChI=1S/C75H146O17P2/c1-7-10-12-14-16-18-20-21-22-23-24-25-26-35-41-47-53-59-74(79)91-71(64-86-73(78)58-52-46-40-34-30-28-32-38-44-50-56-68(6)9-3)66-90-94(83,84)88-62-69(76)61-87-93(81,82)89-65-70(63-85-72(77)57-51-45-39-33-19-17-15-13-11-8-2)92-75(80)60-54-48-42-36-29-27-31-37-43-49-55-67(4)5/h67-71,76H,7-66H2,1-6H3,(H,81,82)(H,83,84)/t68?,69-,70+,71+/m0/s1. The second-order valence-electron chi connectivity index (χ2n) is 27.8. The average molecular weight is 1380 g/mol. The van der Waals surface area contributed by atoms with E-state index in [0.717, 1.165) is 102 Å². The number of rotatable bonds is 74. The van der Waals surface area contributed by atoms with E-state index in [9.17, 15) is 43.2 Å². The van der Waals surface area contributed by atoms with Gasteiger partial charge in [0.15, 0.2) is 12.2 Å². The number of phosphoric ester groups is 2. The topological polar surface area (TPSA) is 237 Å². The van der Waals surface area contributed by atoms with E-state index in [-0.39, 0.29) is 25.7 Å². The highest BCUT2D eigenvalue weighted by atomic mass is 31.2. The van der Waals surface area contributed by atoms with Crippen LogP contribution in [0.1, 0.15) is 388 Å². The van der Waals surface area contributed by atoms with Crippen LogP contribution in [0, 0.1) is 11.8 Å². The van der Waals surface area contributed by atoms with Crippen molar-refractivity contribution in [1.82, 2.24) is 0 Å². The highest BCUT2D eigenvalue weighted by Gasteiger charge is 2.30. The van der Waals surface area contributed by atoms with Gasteiger partial charge in [-0.05, 0) is 37.5 Å². The zero-order valence-electron chi connectivity index (χ0n) is 61.3. The summed E-state index contributed by atoms with van der Waals surface area (Å²) in [5, 5.41) is 10.6. The first kappa shape index (κ1) is 92.1. The summed E-state index contributed by atoms with van der Waals surface area (Å²) in [7, 11) is -9.91. The van der Waals surface area contributed by atoms with Gasteiger partial charge in [-0.15, -0.1) is 0 Å². The maximum Gasteiger partial charge on any atom is 0.472 e. The number of hydrogen-bond donors (Lipinski definition) is 3. The molecule has 0 rings (SSSR count). The van der Waals surface area contributed by atoms with Crippen molar-refractivity contribution in [3.63, 3.8) is 0 Å². The van der Waals surface area contributed by atoms with Crippen molar-refractivity contribution < 1.29 is 80.2 Å². The van der Waals surface area contributed by atoms with E-state index in [1.807, 2.05) is 0 Å². The summed E-state index contributed by atoms with van der Waals surface area (Å²) in [4.78, 5) is 72.8. The molecule has 0 spiro atoms. The van der Waals surface area contributed by atoms with Crippen molar-refractivity contribution in [2.75, 3.05) is 39.6 Å². The summed E-state index contributed by atoms with van der Waals surface area (Å²) >= 11 is 0. The van der Waals surface area contributed by atoms with Gasteiger partial charge in [-0.2, -0.15) is 0 Å². The number of aliphatic hydroxyl groups excluding tert-OH is 1. The van der Waals surface area contributed by atoms with Crippen molar-refractivity contribution in [3.8, 4) is 0 Å². The molecular weight excluding hydrogens is 1230 g/mol. The van der Waals surface area contributed by atoms with Crippen LogP contribution in [0.15, 0.2) is 0 Å². The van der Waals surface area contributed by atoms with Gasteiger partial charge in [0.2, 0.25) is 0 Å². The van der Waals surface area contributed by atoms with E-state index in [2.05, 4.69) is 41.5 Å². The third-order valence-corrected chi connectivity index (χ3v) is 19.7. The second-order valence-corrected chi connectivity index (χ2v) is 30.7. The SMILES string of the molecule is CCCCCCCCCCCCCCCCCCCC(=O)O[C@H](COC(=O)CCCCCCCCCCCCC(C)CC)COP(=O)(O)OC[C@@H](O)COP(=O)(O)OC[C@@H](COC(=O)CCCCCCCCCCCC)OC(=O)CCCCCCCCCCCCC(C)C. The van der Waals surface area contributed by atoms with Gasteiger partial charge in [0.1, 0.15) is 19.3 Å². The lowest BCUT2D eigenvalue weighted by atomic mass is 9.99. The fourth-order valence-electron chi connectivity index (χ4n) is 11.4. The summed E-state index contributed by atoms with van der Waals surface area (Å²) < 4.78 is 68.5. The lowest BCUT2D eigenvalue weighted by molar-refractivity contribution is -0.161. The first-order valence-electron chi connectivity index (χ1n) is 39.0. The number of phosphoric acid groups is 2. The van der Waals surface area contributed by atoms with E-state index in [0.29, 0.717) is 25.7 Å². The highest BCUT2D eigenvalue weighted by molar-refractivity contribution is 7.47. The zero-order valence-corrected chi connectivity index (χ0v) is 63.1. The Labute approximate surface area is 575 Å². The molecule has 0 bridgehead atoms. The number of hydrogen-bond acceptors (Lipinski definition) is 15. The van der Waals surface area contributed by atoms with Gasteiger partial charge in [-0.25, -0.2) is 9.13 Å². The molecule has 558 valence electrons. The zero-order chi connectivity index (χ0) is 69.3. The molecule has 94 heavy (non-hydrogen) atoms. The van der Waals surface area contributed by atoms with E-state index in [1.54, 1.807) is 0 Å². The Hall–Kier alpha value is -1.94. The fraction of sp³-hybridized carbons (Fsp3) is 0.947. The molecule has 3 N–H and O–H groups in total. The van der Waals surface area contributed by atoms with Crippen molar-refractivity contribution in [1.29, 1.82) is 0 Å². The molecule has 3 unspecified atom stereocenters. The summed E-state index contributed by atoms with van der Waals surface area (Å²) in [6.07, 6.45) is 53.9. The normalized spacial score (nSPS) is 14.3. The molecular formula is C75H146O17P2. The molecule has 0 aromatic carbocycles. The predicted molar refractivity (Wildman–Crippen MR) is 381 cm³/mol. The Kier molecular flexibility index (Phi) is 65.5. The third kappa shape index (κ3) is 67.3. The molecule has 0 aromatic rings. The maximum absolute atomic E-state index is 13.1. The number of ether oxygens (including phenoxy) is 4. The molecule has 0 radical (unpaired) electrons. The number of aliphatic hydroxyl groups is 1. The molecule has 0 heterocycles. The number of esters is 4. The Morgan fingerprint density at radius 2 is 0.543 bits per heavy atom. The van der Waals surface area contributed by atoms with Crippen LogP contribution in [0.4, 0.5) is 0 Å². The van der Waals surface area contributed by atoms with Crippen molar-refractivity contribution in [2.45, 2.75) is 407 Å². The lowest BCUT2D eigenvalue weighted by Gasteiger charge is -2.21. The lowest BCUT2D eigenvalue weighted by Crippen LogP contribution is -2.30. The van der Waals surface area contributed by atoms with Crippen LogP contribution >= 0.6 is 15.6 Å². The van der Waals surface area contributed by atoms with E-state index in [1.165, 1.54) is 205 Å². The van der Waals surface area contributed by atoms with E-state index >= 15 is 0 Å². The Balaban J connectivity index is 5.25. The quantitative estimate of drug-likeness (QED) is 0.0222. The van der Waals surface area contributed by atoms with Crippen molar-refractivity contribution in [3.05, 3.63) is 0 Å². The van der Waals surface area contributed by atoms with Gasteiger partial charge in [-0.3, -0.25) is 37.3 Å². The first-order valence-corrected chi connectivity index (χ1v) is 42.0. The molecule has 19 heteroatoms. The molecule has 0 saturated heterocycles. The molecule has 0 aliphatic rings. The largest absolute Gasteiger partial charge is 0.472 e. The van der Waals surface area contributed by atoms with Gasteiger partial charge < -0.3 is 33.8 Å². The van der Waals surface area contributed by atoms with E-state index < -0.39 is 97.5 Å². The van der Waals surface area contributed by atoms with Crippen LogP contribution in [-0.2, 0) is 65.4 Å². The minimum absolute atomic E-state index is 0.106. The van der Waals surface area contributed by atoms with Crippen LogP contribution in [-0.4, -0.2) is 96.7 Å². The first-order chi connectivity index (χ1) is 45.4. The van der Waals surface area contributed by atoms with Crippen LogP contribution in [0.3, 0.4) is 0 Å². The van der Waals surface area contributed by atoms with Gasteiger partial charge in [0.05, 0.1) is 26.4 Å². The molecule has 0 aliphatic carbocycles. The van der Waals surface area contributed by atoms with Crippen LogP contribution in [0.5, 0.6) is 0 Å². The third-order valence-electron chi connectivity index (χ3n) is 17.8. The summed E-state index contributed by atoms with van der Waals surface area (Å²) in [5.41, 5.74) is 0. The minimum atomic E-state index is -4.96. The number of carbonyl (C=O) groups is 4. The van der Waals surface area contributed by atoms with Gasteiger partial charge in [0.25, 0.3) is 0 Å². The van der Waals surface area contributed by atoms with Crippen molar-refractivity contribution >= 4 is 39.5 Å². The average Bonchev–Trinajstić information content (AvgIpc) is 1.30. The van der Waals surface area contributed by atoms with Crippen LogP contribution < -0.4 is 0 Å².